The topological polar surface area (TPSA) is 123 Å². The molecule has 31 heavy (non-hydrogen) atoms. The average Bonchev–Trinajstić information content (AvgIpc) is 3.00. The Morgan fingerprint density at radius 3 is 2.23 bits per heavy atom. The van der Waals surface area contributed by atoms with Crippen LogP contribution in [0.5, 0.6) is 0 Å². The summed E-state index contributed by atoms with van der Waals surface area (Å²) in [5.41, 5.74) is 2.17. The van der Waals surface area contributed by atoms with Gasteiger partial charge >= 0.3 is 11.9 Å². The number of Topliss-reactive ketones (excluding diaryl/α,β-unsaturated/α-hetero) is 1. The Hall–Kier alpha value is -2.98. The molecule has 1 N–H and O–H groups in total. The molecule has 1 aromatic heterocycles. The molecule has 168 valence electrons. The van der Waals surface area contributed by atoms with Crippen LogP contribution in [0, 0.1) is 20.8 Å². The molecule has 2 aromatic rings. The van der Waals surface area contributed by atoms with Crippen molar-refractivity contribution in [2.24, 2.45) is 0 Å². The van der Waals surface area contributed by atoms with Gasteiger partial charge in [0, 0.05) is 12.7 Å². The van der Waals surface area contributed by atoms with Crippen molar-refractivity contribution < 1.29 is 32.3 Å². The number of aromatic nitrogens is 1. The van der Waals surface area contributed by atoms with Gasteiger partial charge in [0.15, 0.2) is 6.61 Å². The number of aromatic amines is 1. The summed E-state index contributed by atoms with van der Waals surface area (Å²) in [5, 5.41) is 0. The molecule has 0 fully saturated rings. The molecule has 2 rings (SSSR count). The molecule has 0 saturated carbocycles. The van der Waals surface area contributed by atoms with E-state index in [1.165, 1.54) is 19.2 Å². The summed E-state index contributed by atoms with van der Waals surface area (Å²) in [5.74, 6) is -1.97. The van der Waals surface area contributed by atoms with Crippen LogP contribution in [0.15, 0.2) is 29.2 Å². The van der Waals surface area contributed by atoms with Gasteiger partial charge in [-0.05, 0) is 45.4 Å². The molecule has 0 bridgehead atoms. The Kier molecular flexibility index (Phi) is 7.75. The lowest BCUT2D eigenvalue weighted by atomic mass is 10.1. The molecular weight excluding hydrogens is 424 g/mol. The van der Waals surface area contributed by atoms with Crippen molar-refractivity contribution in [1.29, 1.82) is 0 Å². The quantitative estimate of drug-likeness (QED) is 0.459. The molecule has 10 heteroatoms. The molecule has 0 spiro atoms. The van der Waals surface area contributed by atoms with Crippen LogP contribution in [0.3, 0.4) is 0 Å². The molecule has 9 nitrogen and oxygen atoms in total. The smallest absolute Gasteiger partial charge is 0.340 e. The first kappa shape index (κ1) is 24.3. The highest BCUT2D eigenvalue weighted by atomic mass is 32.2. The molecule has 0 radical (unpaired) electrons. The van der Waals surface area contributed by atoms with Crippen LogP contribution in [0.2, 0.25) is 0 Å². The number of H-pyrrole nitrogens is 1. The molecule has 0 aliphatic rings. The number of nitrogens with zero attached hydrogens (tertiary/aromatic N) is 1. The van der Waals surface area contributed by atoms with Crippen molar-refractivity contribution in [2.75, 3.05) is 26.8 Å². The van der Waals surface area contributed by atoms with Gasteiger partial charge in [-0.3, -0.25) is 9.59 Å². The third-order valence-electron chi connectivity index (χ3n) is 4.64. The van der Waals surface area contributed by atoms with Crippen molar-refractivity contribution in [2.45, 2.75) is 32.6 Å². The predicted octanol–water partition coefficient (Wildman–Crippen LogP) is 2.16. The van der Waals surface area contributed by atoms with Crippen molar-refractivity contribution >= 4 is 27.7 Å². The van der Waals surface area contributed by atoms with Crippen LogP contribution in [0.4, 0.5) is 0 Å². The molecule has 0 saturated heterocycles. The number of carbonyl (C=O) groups excluding carboxylic acids is 3. The number of nitrogens with one attached hydrogen (secondary N) is 1. The maximum atomic E-state index is 12.5. The summed E-state index contributed by atoms with van der Waals surface area (Å²) in [7, 11) is -2.62. The third kappa shape index (κ3) is 5.59. The zero-order chi connectivity index (χ0) is 23.3. The number of ether oxygens (including phenoxy) is 2. The number of aryl methyl sites for hydroxylation is 2. The van der Waals surface area contributed by atoms with E-state index >= 15 is 0 Å². The summed E-state index contributed by atoms with van der Waals surface area (Å²) in [4.78, 5) is 39.5. The first-order valence-electron chi connectivity index (χ1n) is 9.57. The molecular formula is C21H26N2O7S. The monoisotopic (exact) mass is 450 g/mol. The summed E-state index contributed by atoms with van der Waals surface area (Å²) < 4.78 is 35.9. The molecule has 1 heterocycles. The summed E-state index contributed by atoms with van der Waals surface area (Å²) >= 11 is 0. The van der Waals surface area contributed by atoms with E-state index < -0.39 is 40.9 Å². The highest BCUT2D eigenvalue weighted by Gasteiger charge is 2.26. The van der Waals surface area contributed by atoms with Crippen LogP contribution in [-0.2, 0) is 24.3 Å². The SMILES string of the molecule is CCOC(=O)c1c(C)[nH]c(C(=O)COC(=O)CN(C)S(=O)(=O)c2ccc(C)cc2)c1C. The number of hydrogen-bond donors (Lipinski definition) is 1. The molecule has 0 aliphatic carbocycles. The molecule has 0 unspecified atom stereocenters. The van der Waals surface area contributed by atoms with Crippen molar-refractivity contribution in [3.05, 3.63) is 52.3 Å². The standard InChI is InChI=1S/C21H26N2O7S/c1-6-29-21(26)19-14(3)20(22-15(19)4)17(24)12-30-18(25)11-23(5)31(27,28)16-9-7-13(2)8-10-16/h7-10,22H,6,11-12H2,1-5H3. The van der Waals surface area contributed by atoms with Gasteiger partial charge in [-0.15, -0.1) is 0 Å². The first-order chi connectivity index (χ1) is 14.5. The Balaban J connectivity index is 2.01. The van der Waals surface area contributed by atoms with Crippen molar-refractivity contribution in [1.82, 2.24) is 9.29 Å². The predicted molar refractivity (Wildman–Crippen MR) is 113 cm³/mol. The number of sulfonamides is 1. The van der Waals surface area contributed by atoms with Crippen LogP contribution < -0.4 is 0 Å². The second-order valence-electron chi connectivity index (χ2n) is 7.00. The number of rotatable bonds is 9. The van der Waals surface area contributed by atoms with E-state index in [-0.39, 0.29) is 22.8 Å². The van der Waals surface area contributed by atoms with Crippen molar-refractivity contribution in [3.63, 3.8) is 0 Å². The Morgan fingerprint density at radius 2 is 1.65 bits per heavy atom. The van der Waals surface area contributed by atoms with Gasteiger partial charge in [-0.1, -0.05) is 17.7 Å². The number of likely N-dealkylation sites (N-methyl/N-ethyl adjacent to an activating group) is 1. The molecule has 0 amide bonds. The highest BCUT2D eigenvalue weighted by Crippen LogP contribution is 2.20. The Labute approximate surface area is 181 Å². The van der Waals surface area contributed by atoms with Gasteiger partial charge in [-0.25, -0.2) is 13.2 Å². The second-order valence-corrected chi connectivity index (χ2v) is 9.05. The number of benzene rings is 1. The van der Waals surface area contributed by atoms with Gasteiger partial charge in [0.2, 0.25) is 15.8 Å². The summed E-state index contributed by atoms with van der Waals surface area (Å²) in [6.07, 6.45) is 0. The van der Waals surface area contributed by atoms with Crippen LogP contribution in [0.25, 0.3) is 0 Å². The van der Waals surface area contributed by atoms with E-state index in [0.29, 0.717) is 11.3 Å². The van der Waals surface area contributed by atoms with Gasteiger partial charge in [-0.2, -0.15) is 4.31 Å². The first-order valence-corrected chi connectivity index (χ1v) is 11.0. The Bertz CT molecular complexity index is 1090. The van der Waals surface area contributed by atoms with Crippen molar-refractivity contribution in [3.8, 4) is 0 Å². The number of ketones is 1. The fourth-order valence-corrected chi connectivity index (χ4v) is 4.07. The lowest BCUT2D eigenvalue weighted by Gasteiger charge is -2.16. The zero-order valence-corrected chi connectivity index (χ0v) is 19.0. The maximum absolute atomic E-state index is 12.5. The fraction of sp³-hybridized carbons (Fsp3) is 0.381. The summed E-state index contributed by atoms with van der Waals surface area (Å²) in [6, 6.07) is 6.22. The molecule has 0 aliphatic heterocycles. The second kappa shape index (κ2) is 9.88. The molecule has 1 aromatic carbocycles. The van der Waals surface area contributed by atoms with E-state index in [0.717, 1.165) is 9.87 Å². The lowest BCUT2D eigenvalue weighted by Crippen LogP contribution is -2.33. The minimum Gasteiger partial charge on any atom is -0.462 e. The van der Waals surface area contributed by atoms with Gasteiger partial charge < -0.3 is 14.5 Å². The van der Waals surface area contributed by atoms with E-state index in [4.69, 9.17) is 9.47 Å². The van der Waals surface area contributed by atoms with Crippen LogP contribution in [-0.4, -0.2) is 62.2 Å². The fourth-order valence-electron chi connectivity index (χ4n) is 2.96. The Morgan fingerprint density at radius 1 is 1.03 bits per heavy atom. The minimum absolute atomic E-state index is 0.0495. The molecule has 0 atom stereocenters. The van der Waals surface area contributed by atoms with Gasteiger partial charge in [0.05, 0.1) is 22.8 Å². The lowest BCUT2D eigenvalue weighted by molar-refractivity contribution is -0.142. The maximum Gasteiger partial charge on any atom is 0.340 e. The van der Waals surface area contributed by atoms with E-state index in [9.17, 15) is 22.8 Å². The third-order valence-corrected chi connectivity index (χ3v) is 6.46. The van der Waals surface area contributed by atoms with Crippen LogP contribution >= 0.6 is 0 Å². The number of carbonyl (C=O) groups is 3. The minimum atomic E-state index is -3.88. The number of esters is 2. The van der Waals surface area contributed by atoms with E-state index in [1.807, 2.05) is 6.92 Å². The van der Waals surface area contributed by atoms with Gasteiger partial charge in [0.25, 0.3) is 0 Å². The van der Waals surface area contributed by atoms with E-state index in [2.05, 4.69) is 4.98 Å². The van der Waals surface area contributed by atoms with Gasteiger partial charge in [0.1, 0.15) is 6.54 Å². The number of hydrogen-bond acceptors (Lipinski definition) is 7. The average molecular weight is 451 g/mol. The summed E-state index contributed by atoms with van der Waals surface area (Å²) in [6.45, 7) is 5.78. The van der Waals surface area contributed by atoms with E-state index in [1.54, 1.807) is 32.9 Å². The highest BCUT2D eigenvalue weighted by molar-refractivity contribution is 7.89. The van der Waals surface area contributed by atoms with Crippen LogP contribution in [0.1, 0.15) is 44.6 Å². The normalized spacial score (nSPS) is 11.4. The largest absolute Gasteiger partial charge is 0.462 e. The zero-order valence-electron chi connectivity index (χ0n) is 18.1.